The fourth-order valence-electron chi connectivity index (χ4n) is 2.25. The summed E-state index contributed by atoms with van der Waals surface area (Å²) in [5.74, 6) is 0. The minimum absolute atomic E-state index is 0.0763. The lowest BCUT2D eigenvalue weighted by atomic mass is 10.2. The molecule has 0 heterocycles. The number of nitrogens with two attached hydrogens (primary N) is 1. The number of anilines is 1. The Kier molecular flexibility index (Phi) is 7.72. The highest BCUT2D eigenvalue weighted by molar-refractivity contribution is 5.58. The number of hydrogen-bond donors (Lipinski definition) is 1. The summed E-state index contributed by atoms with van der Waals surface area (Å²) < 4.78 is 5.03. The molecule has 0 atom stereocenters. The first kappa shape index (κ1) is 21.4. The quantitative estimate of drug-likeness (QED) is 0.152. The molecule has 0 aliphatic carbocycles. The number of ether oxygens (including phenoxy) is 1. The smallest absolute Gasteiger partial charge is 0.296 e. The van der Waals surface area contributed by atoms with E-state index in [4.69, 9.17) is 10.5 Å². The summed E-state index contributed by atoms with van der Waals surface area (Å²) in [6.45, 7) is 3.86. The zero-order chi connectivity index (χ0) is 21.2. The number of methoxy groups -OCH3 is 1. The first-order valence-corrected chi connectivity index (χ1v) is 8.69. The number of aryl methyl sites for hydroxylation is 1. The van der Waals surface area contributed by atoms with Crippen molar-refractivity contribution >= 4 is 22.7 Å². The monoisotopic (exact) mass is 394 g/mol. The van der Waals surface area contributed by atoms with Crippen LogP contribution in [0.4, 0.5) is 22.7 Å². The second kappa shape index (κ2) is 10.5. The van der Waals surface area contributed by atoms with Gasteiger partial charge in [0.1, 0.15) is 12.0 Å². The van der Waals surface area contributed by atoms with Gasteiger partial charge in [-0.15, -0.1) is 10.2 Å². The summed E-state index contributed by atoms with van der Waals surface area (Å²) >= 11 is 0. The van der Waals surface area contributed by atoms with E-state index < -0.39 is 4.92 Å². The van der Waals surface area contributed by atoms with Crippen LogP contribution in [0.25, 0.3) is 0 Å². The Morgan fingerprint density at radius 2 is 1.93 bits per heavy atom. The second-order valence-corrected chi connectivity index (χ2v) is 6.21. The van der Waals surface area contributed by atoms with Gasteiger partial charge in [0, 0.05) is 11.8 Å². The molecule has 0 aromatic heterocycles. The Hall–Kier alpha value is -3.88. The van der Waals surface area contributed by atoms with E-state index in [2.05, 4.69) is 20.5 Å². The first-order valence-electron chi connectivity index (χ1n) is 8.69. The van der Waals surface area contributed by atoms with Crippen LogP contribution in [-0.2, 0) is 4.74 Å². The zero-order valence-electron chi connectivity index (χ0n) is 16.4. The standard InChI is InChI=1S/C20H22N6O3/c1-14-4-9-19(20(11-14)26(27)28)25-22-12-15(2)10-18(13-29-3)24-23-17-7-5-16(21)6-8-17/h4-11,13H,12,21H2,1-3H3/b15-10-,18-13-,24-23+,25-22+. The molecule has 0 saturated heterocycles. The maximum absolute atomic E-state index is 11.1. The second-order valence-electron chi connectivity index (χ2n) is 6.21. The van der Waals surface area contributed by atoms with Crippen LogP contribution in [0, 0.1) is 17.0 Å². The number of azo groups is 2. The number of nitrogens with zero attached hydrogens (tertiary/aromatic N) is 5. The van der Waals surface area contributed by atoms with Crippen LogP contribution >= 0.6 is 0 Å². The van der Waals surface area contributed by atoms with Crippen molar-refractivity contribution in [2.45, 2.75) is 13.8 Å². The van der Waals surface area contributed by atoms with Gasteiger partial charge in [-0.05, 0) is 61.4 Å². The summed E-state index contributed by atoms with van der Waals surface area (Å²) in [4.78, 5) is 10.7. The third-order valence-electron chi connectivity index (χ3n) is 3.63. The molecule has 9 heteroatoms. The Labute approximate surface area is 168 Å². The van der Waals surface area contributed by atoms with Crippen molar-refractivity contribution in [2.24, 2.45) is 20.5 Å². The van der Waals surface area contributed by atoms with E-state index in [0.717, 1.165) is 11.1 Å². The van der Waals surface area contributed by atoms with E-state index in [1.807, 2.05) is 6.92 Å². The number of nitrogen functional groups attached to an aromatic ring is 1. The normalized spacial score (nSPS) is 12.7. The van der Waals surface area contributed by atoms with Gasteiger partial charge < -0.3 is 10.5 Å². The highest BCUT2D eigenvalue weighted by Crippen LogP contribution is 2.28. The van der Waals surface area contributed by atoms with Crippen LogP contribution in [0.2, 0.25) is 0 Å². The average molecular weight is 394 g/mol. The summed E-state index contributed by atoms with van der Waals surface area (Å²) in [5.41, 5.74) is 9.17. The summed E-state index contributed by atoms with van der Waals surface area (Å²) in [7, 11) is 1.51. The Balaban J connectivity index is 2.10. The van der Waals surface area contributed by atoms with E-state index >= 15 is 0 Å². The minimum Gasteiger partial charge on any atom is -0.502 e. The molecule has 2 rings (SSSR count). The molecular formula is C20H22N6O3. The van der Waals surface area contributed by atoms with E-state index in [1.54, 1.807) is 49.4 Å². The largest absolute Gasteiger partial charge is 0.502 e. The van der Waals surface area contributed by atoms with E-state index in [0.29, 0.717) is 17.1 Å². The molecule has 0 amide bonds. The van der Waals surface area contributed by atoms with Crippen molar-refractivity contribution < 1.29 is 9.66 Å². The van der Waals surface area contributed by atoms with Crippen LogP contribution in [-0.4, -0.2) is 18.6 Å². The van der Waals surface area contributed by atoms with Gasteiger partial charge in [-0.2, -0.15) is 10.2 Å². The van der Waals surface area contributed by atoms with Crippen LogP contribution in [0.15, 0.2) is 86.5 Å². The predicted octanol–water partition coefficient (Wildman–Crippen LogP) is 5.79. The number of rotatable bonds is 8. The summed E-state index contributed by atoms with van der Waals surface area (Å²) in [6.07, 6.45) is 3.19. The van der Waals surface area contributed by atoms with E-state index in [-0.39, 0.29) is 17.9 Å². The lowest BCUT2D eigenvalue weighted by molar-refractivity contribution is -0.384. The molecule has 0 aliphatic heterocycles. The topological polar surface area (TPSA) is 128 Å². The average Bonchev–Trinajstić information content (AvgIpc) is 2.68. The summed E-state index contributed by atoms with van der Waals surface area (Å²) in [5, 5.41) is 27.5. The van der Waals surface area contributed by atoms with Crippen molar-refractivity contribution in [1.29, 1.82) is 0 Å². The van der Waals surface area contributed by atoms with Crippen molar-refractivity contribution in [1.82, 2.24) is 0 Å². The predicted molar refractivity (Wildman–Crippen MR) is 111 cm³/mol. The highest BCUT2D eigenvalue weighted by atomic mass is 16.6. The number of hydrogen-bond acceptors (Lipinski definition) is 8. The van der Waals surface area contributed by atoms with Crippen molar-refractivity contribution in [3.63, 3.8) is 0 Å². The Morgan fingerprint density at radius 1 is 1.21 bits per heavy atom. The molecule has 0 aliphatic rings. The fourth-order valence-corrected chi connectivity index (χ4v) is 2.25. The maximum atomic E-state index is 11.1. The number of nitro benzene ring substituents is 1. The third kappa shape index (κ3) is 6.98. The first-order chi connectivity index (χ1) is 13.9. The molecule has 0 bridgehead atoms. The van der Waals surface area contributed by atoms with E-state index in [1.165, 1.54) is 19.4 Å². The van der Waals surface area contributed by atoms with Crippen molar-refractivity contribution in [3.05, 3.63) is 81.8 Å². The molecule has 2 aromatic rings. The van der Waals surface area contributed by atoms with Gasteiger partial charge in [-0.3, -0.25) is 10.1 Å². The lowest BCUT2D eigenvalue weighted by Crippen LogP contribution is -1.89. The van der Waals surface area contributed by atoms with E-state index in [9.17, 15) is 10.1 Å². The SMILES string of the molecule is CO/C=C(/C=C(/C)C/N=N/c1ccc(C)cc1[N+](=O)[O-])\N=N\c1ccc(N)cc1. The van der Waals surface area contributed by atoms with Crippen LogP contribution in [0.3, 0.4) is 0 Å². The van der Waals surface area contributed by atoms with Crippen molar-refractivity contribution in [2.75, 3.05) is 19.4 Å². The van der Waals surface area contributed by atoms with Crippen LogP contribution in [0.1, 0.15) is 12.5 Å². The van der Waals surface area contributed by atoms with Gasteiger partial charge in [0.25, 0.3) is 5.69 Å². The molecule has 150 valence electrons. The molecule has 0 spiro atoms. The molecule has 0 unspecified atom stereocenters. The van der Waals surface area contributed by atoms with Gasteiger partial charge in [0.05, 0.1) is 24.3 Å². The molecule has 2 N–H and O–H groups in total. The van der Waals surface area contributed by atoms with Gasteiger partial charge >= 0.3 is 0 Å². The molecule has 0 saturated carbocycles. The zero-order valence-corrected chi connectivity index (χ0v) is 16.4. The number of benzene rings is 2. The van der Waals surface area contributed by atoms with Gasteiger partial charge in [0.2, 0.25) is 0 Å². The Morgan fingerprint density at radius 3 is 2.59 bits per heavy atom. The lowest BCUT2D eigenvalue weighted by Gasteiger charge is -2.00. The molecule has 9 nitrogen and oxygen atoms in total. The molecule has 29 heavy (non-hydrogen) atoms. The molecule has 2 aromatic carbocycles. The fraction of sp³-hybridized carbons (Fsp3) is 0.200. The number of allylic oxidation sites excluding steroid dienone is 1. The maximum Gasteiger partial charge on any atom is 0.296 e. The van der Waals surface area contributed by atoms with Crippen LogP contribution in [0.5, 0.6) is 0 Å². The van der Waals surface area contributed by atoms with Crippen LogP contribution < -0.4 is 5.73 Å². The molecular weight excluding hydrogens is 372 g/mol. The molecule has 0 fully saturated rings. The van der Waals surface area contributed by atoms with Crippen molar-refractivity contribution in [3.8, 4) is 0 Å². The number of nitro groups is 1. The minimum atomic E-state index is -0.471. The Bertz CT molecular complexity index is 978. The van der Waals surface area contributed by atoms with Gasteiger partial charge in [-0.1, -0.05) is 6.07 Å². The molecule has 0 radical (unpaired) electrons. The summed E-state index contributed by atoms with van der Waals surface area (Å²) in [6, 6.07) is 11.8. The third-order valence-corrected chi connectivity index (χ3v) is 3.63. The van der Waals surface area contributed by atoms with Gasteiger partial charge in [0.15, 0.2) is 5.69 Å². The van der Waals surface area contributed by atoms with Gasteiger partial charge in [-0.25, -0.2) is 0 Å². The highest BCUT2D eigenvalue weighted by Gasteiger charge is 2.13.